The van der Waals surface area contributed by atoms with Crippen LogP contribution in [0.1, 0.15) is 12.0 Å². The van der Waals surface area contributed by atoms with E-state index in [9.17, 15) is 17.6 Å². The molecule has 2 aromatic rings. The van der Waals surface area contributed by atoms with Gasteiger partial charge >= 0.3 is 0 Å². The van der Waals surface area contributed by atoms with Crippen molar-refractivity contribution >= 4 is 15.9 Å². The number of rotatable bonds is 6. The SMILES string of the molecule is COc1cccc(CCC(=O)N2CCN(S(=O)(=O)c3cccc(F)c3)CC2)c1. The molecule has 6 nitrogen and oxygen atoms in total. The fraction of sp³-hybridized carbons (Fsp3) is 0.350. The highest BCUT2D eigenvalue weighted by molar-refractivity contribution is 7.89. The lowest BCUT2D eigenvalue weighted by atomic mass is 10.1. The monoisotopic (exact) mass is 406 g/mol. The third-order valence-electron chi connectivity index (χ3n) is 4.79. The minimum atomic E-state index is -3.76. The Hall–Kier alpha value is -2.45. The van der Waals surface area contributed by atoms with Crippen molar-refractivity contribution in [3.05, 3.63) is 59.9 Å². The Morgan fingerprint density at radius 3 is 2.46 bits per heavy atom. The van der Waals surface area contributed by atoms with Crippen LogP contribution in [0.4, 0.5) is 4.39 Å². The second-order valence-electron chi connectivity index (χ2n) is 6.59. The quantitative estimate of drug-likeness (QED) is 0.738. The summed E-state index contributed by atoms with van der Waals surface area (Å²) in [6.45, 7) is 1.05. The Kier molecular flexibility index (Phi) is 6.31. The molecule has 0 aliphatic carbocycles. The van der Waals surface area contributed by atoms with Crippen molar-refractivity contribution in [3.8, 4) is 5.75 Å². The summed E-state index contributed by atoms with van der Waals surface area (Å²) in [6, 6.07) is 12.6. The van der Waals surface area contributed by atoms with Crippen LogP contribution < -0.4 is 4.74 Å². The van der Waals surface area contributed by atoms with Crippen LogP contribution in [0.3, 0.4) is 0 Å². The predicted octanol–water partition coefficient (Wildman–Crippen LogP) is 2.30. The molecule has 1 fully saturated rings. The van der Waals surface area contributed by atoms with E-state index in [1.807, 2.05) is 24.3 Å². The molecule has 3 rings (SSSR count). The maximum Gasteiger partial charge on any atom is 0.243 e. The molecule has 0 spiro atoms. The number of hydrogen-bond donors (Lipinski definition) is 0. The lowest BCUT2D eigenvalue weighted by Crippen LogP contribution is -2.50. The molecule has 0 N–H and O–H groups in total. The van der Waals surface area contributed by atoms with Gasteiger partial charge in [0.1, 0.15) is 11.6 Å². The van der Waals surface area contributed by atoms with Gasteiger partial charge in [0, 0.05) is 32.6 Å². The normalized spacial score (nSPS) is 15.4. The molecule has 0 aromatic heterocycles. The molecule has 0 atom stereocenters. The molecule has 1 amide bonds. The minimum absolute atomic E-state index is 0.00868. The first kappa shape index (κ1) is 20.3. The van der Waals surface area contributed by atoms with E-state index < -0.39 is 15.8 Å². The van der Waals surface area contributed by atoms with Crippen LogP contribution in [-0.4, -0.2) is 56.8 Å². The van der Waals surface area contributed by atoms with Gasteiger partial charge in [-0.3, -0.25) is 4.79 Å². The van der Waals surface area contributed by atoms with E-state index in [1.54, 1.807) is 12.0 Å². The molecule has 0 bridgehead atoms. The predicted molar refractivity (Wildman–Crippen MR) is 103 cm³/mol. The zero-order valence-electron chi connectivity index (χ0n) is 15.7. The van der Waals surface area contributed by atoms with Crippen molar-refractivity contribution < 1.29 is 22.3 Å². The van der Waals surface area contributed by atoms with Gasteiger partial charge in [-0.1, -0.05) is 18.2 Å². The second-order valence-corrected chi connectivity index (χ2v) is 8.53. The molecule has 1 aliphatic rings. The third kappa shape index (κ3) is 4.69. The first-order chi connectivity index (χ1) is 13.4. The lowest BCUT2D eigenvalue weighted by molar-refractivity contribution is -0.132. The number of nitrogens with zero attached hydrogens (tertiary/aromatic N) is 2. The minimum Gasteiger partial charge on any atom is -0.497 e. The lowest BCUT2D eigenvalue weighted by Gasteiger charge is -2.34. The van der Waals surface area contributed by atoms with Crippen molar-refractivity contribution in [2.45, 2.75) is 17.7 Å². The van der Waals surface area contributed by atoms with E-state index in [0.29, 0.717) is 25.9 Å². The largest absolute Gasteiger partial charge is 0.497 e. The highest BCUT2D eigenvalue weighted by Gasteiger charge is 2.30. The number of carbonyl (C=O) groups excluding carboxylic acids is 1. The Labute approximate surface area is 164 Å². The third-order valence-corrected chi connectivity index (χ3v) is 6.68. The topological polar surface area (TPSA) is 66.9 Å². The van der Waals surface area contributed by atoms with Gasteiger partial charge in [-0.2, -0.15) is 4.31 Å². The van der Waals surface area contributed by atoms with Crippen molar-refractivity contribution in [1.82, 2.24) is 9.21 Å². The number of aryl methyl sites for hydroxylation is 1. The van der Waals surface area contributed by atoms with E-state index in [-0.39, 0.29) is 23.9 Å². The summed E-state index contributed by atoms with van der Waals surface area (Å²) in [6.07, 6.45) is 0.946. The van der Waals surface area contributed by atoms with E-state index in [0.717, 1.165) is 17.4 Å². The zero-order valence-corrected chi connectivity index (χ0v) is 16.5. The number of hydrogen-bond acceptors (Lipinski definition) is 4. The number of piperazine rings is 1. The summed E-state index contributed by atoms with van der Waals surface area (Å²) in [4.78, 5) is 14.1. The van der Waals surface area contributed by atoms with E-state index in [4.69, 9.17) is 4.74 Å². The summed E-state index contributed by atoms with van der Waals surface area (Å²) in [5, 5.41) is 0. The zero-order chi connectivity index (χ0) is 20.1. The van der Waals surface area contributed by atoms with Gasteiger partial charge in [-0.15, -0.1) is 0 Å². The molecule has 2 aromatic carbocycles. The Morgan fingerprint density at radius 1 is 1.07 bits per heavy atom. The van der Waals surface area contributed by atoms with E-state index in [1.165, 1.54) is 22.5 Å². The Balaban J connectivity index is 1.55. The number of benzene rings is 2. The van der Waals surface area contributed by atoms with Gasteiger partial charge in [0.15, 0.2) is 0 Å². The van der Waals surface area contributed by atoms with Crippen molar-refractivity contribution in [3.63, 3.8) is 0 Å². The van der Waals surface area contributed by atoms with Crippen molar-refractivity contribution in [2.75, 3.05) is 33.3 Å². The first-order valence-corrected chi connectivity index (χ1v) is 10.5. The molecule has 8 heteroatoms. The molecule has 28 heavy (non-hydrogen) atoms. The van der Waals surface area contributed by atoms with Crippen molar-refractivity contribution in [1.29, 1.82) is 0 Å². The van der Waals surface area contributed by atoms with Crippen LogP contribution in [0.5, 0.6) is 5.75 Å². The van der Waals surface area contributed by atoms with Gasteiger partial charge < -0.3 is 9.64 Å². The number of amides is 1. The molecule has 1 aliphatic heterocycles. The Bertz CT molecular complexity index is 941. The summed E-state index contributed by atoms with van der Waals surface area (Å²) in [5.41, 5.74) is 1.01. The Morgan fingerprint density at radius 2 is 1.79 bits per heavy atom. The number of carbonyl (C=O) groups is 1. The van der Waals surface area contributed by atoms with Crippen LogP contribution in [0.15, 0.2) is 53.4 Å². The number of methoxy groups -OCH3 is 1. The highest BCUT2D eigenvalue weighted by atomic mass is 32.2. The molecule has 0 saturated carbocycles. The fourth-order valence-corrected chi connectivity index (χ4v) is 4.65. The van der Waals surface area contributed by atoms with Crippen LogP contribution in [0.25, 0.3) is 0 Å². The number of sulfonamides is 1. The van der Waals surface area contributed by atoms with Crippen LogP contribution in [0, 0.1) is 5.82 Å². The maximum atomic E-state index is 13.4. The summed E-state index contributed by atoms with van der Waals surface area (Å²) in [7, 11) is -2.16. The standard InChI is InChI=1S/C20H23FN2O4S/c1-27-18-6-2-4-16(14-18)8-9-20(24)22-10-12-23(13-11-22)28(25,26)19-7-3-5-17(21)15-19/h2-7,14-15H,8-13H2,1H3. The summed E-state index contributed by atoms with van der Waals surface area (Å²) in [5.74, 6) is 0.152. The van der Waals surface area contributed by atoms with Crippen LogP contribution >= 0.6 is 0 Å². The maximum absolute atomic E-state index is 13.4. The van der Waals surface area contributed by atoms with Crippen LogP contribution in [0.2, 0.25) is 0 Å². The molecule has 1 heterocycles. The van der Waals surface area contributed by atoms with Gasteiger partial charge in [-0.25, -0.2) is 12.8 Å². The molecule has 150 valence electrons. The number of halogens is 1. The molecule has 1 saturated heterocycles. The van der Waals surface area contributed by atoms with Gasteiger partial charge in [-0.05, 0) is 42.3 Å². The second kappa shape index (κ2) is 8.70. The molecular formula is C20H23FN2O4S. The van der Waals surface area contributed by atoms with Gasteiger partial charge in [0.2, 0.25) is 15.9 Å². The first-order valence-electron chi connectivity index (χ1n) is 9.06. The smallest absolute Gasteiger partial charge is 0.243 e. The highest BCUT2D eigenvalue weighted by Crippen LogP contribution is 2.19. The van der Waals surface area contributed by atoms with E-state index >= 15 is 0 Å². The average Bonchev–Trinajstić information content (AvgIpc) is 2.72. The molecular weight excluding hydrogens is 383 g/mol. The molecule has 0 radical (unpaired) electrons. The van der Waals surface area contributed by atoms with Gasteiger partial charge in [0.25, 0.3) is 0 Å². The molecule has 0 unspecified atom stereocenters. The number of ether oxygens (including phenoxy) is 1. The van der Waals surface area contributed by atoms with Gasteiger partial charge in [0.05, 0.1) is 12.0 Å². The summed E-state index contributed by atoms with van der Waals surface area (Å²) < 4.78 is 45.1. The average molecular weight is 406 g/mol. The summed E-state index contributed by atoms with van der Waals surface area (Å²) >= 11 is 0. The fourth-order valence-electron chi connectivity index (χ4n) is 3.19. The van der Waals surface area contributed by atoms with Crippen molar-refractivity contribution in [2.24, 2.45) is 0 Å². The van der Waals surface area contributed by atoms with Crippen LogP contribution in [-0.2, 0) is 21.2 Å². The van der Waals surface area contributed by atoms with E-state index in [2.05, 4.69) is 0 Å².